The highest BCUT2D eigenvalue weighted by Crippen LogP contribution is 2.22. The Kier molecular flexibility index (Phi) is 5.69. The summed E-state index contributed by atoms with van der Waals surface area (Å²) >= 11 is 1.14. The molecule has 0 atom stereocenters. The molecular weight excluding hydrogens is 388 g/mol. The number of hydrogen-bond donors (Lipinski definition) is 2. The third-order valence-electron chi connectivity index (χ3n) is 3.56. The van der Waals surface area contributed by atoms with Crippen LogP contribution >= 0.6 is 11.8 Å². The maximum absolute atomic E-state index is 12.0. The van der Waals surface area contributed by atoms with Gasteiger partial charge in [0.2, 0.25) is 5.91 Å². The monoisotopic (exact) mass is 402 g/mol. The van der Waals surface area contributed by atoms with Crippen molar-refractivity contribution in [3.63, 3.8) is 0 Å². The van der Waals surface area contributed by atoms with Gasteiger partial charge in [-0.1, -0.05) is 11.8 Å². The van der Waals surface area contributed by atoms with Gasteiger partial charge in [0.1, 0.15) is 0 Å². The Morgan fingerprint density at radius 3 is 2.61 bits per heavy atom. The predicted molar refractivity (Wildman–Crippen MR) is 98.1 cm³/mol. The van der Waals surface area contributed by atoms with Crippen LogP contribution in [-0.4, -0.2) is 37.3 Å². The second-order valence-electron chi connectivity index (χ2n) is 5.44. The number of nitro benzene ring substituents is 1. The van der Waals surface area contributed by atoms with E-state index in [0.29, 0.717) is 16.7 Å². The van der Waals surface area contributed by atoms with E-state index in [-0.39, 0.29) is 17.0 Å². The summed E-state index contributed by atoms with van der Waals surface area (Å²) in [5, 5.41) is 19.1. The Balaban J connectivity index is 1.49. The number of hydrazine groups is 1. The summed E-state index contributed by atoms with van der Waals surface area (Å²) in [6.45, 7) is 0. The van der Waals surface area contributed by atoms with Gasteiger partial charge >= 0.3 is 0 Å². The van der Waals surface area contributed by atoms with Crippen molar-refractivity contribution >= 4 is 29.3 Å². The van der Waals surface area contributed by atoms with Gasteiger partial charge in [-0.2, -0.15) is 0 Å². The molecule has 0 saturated heterocycles. The first-order valence-electron chi connectivity index (χ1n) is 7.85. The highest BCUT2D eigenvalue weighted by molar-refractivity contribution is 7.99. The molecule has 2 amide bonds. The van der Waals surface area contributed by atoms with Crippen molar-refractivity contribution in [1.82, 2.24) is 25.6 Å². The van der Waals surface area contributed by atoms with E-state index in [0.717, 1.165) is 11.8 Å². The molecule has 0 aliphatic heterocycles. The predicted octanol–water partition coefficient (Wildman–Crippen LogP) is 1.54. The molecule has 0 aliphatic rings. The van der Waals surface area contributed by atoms with Crippen molar-refractivity contribution in [2.45, 2.75) is 5.16 Å². The lowest BCUT2D eigenvalue weighted by molar-refractivity contribution is -0.384. The number of non-ortho nitro benzene ring substituents is 1. The number of furan rings is 1. The second kappa shape index (κ2) is 8.35. The number of carbonyl (C=O) groups is 2. The number of nitro groups is 1. The van der Waals surface area contributed by atoms with Crippen LogP contribution in [0, 0.1) is 10.1 Å². The third-order valence-corrected chi connectivity index (χ3v) is 4.58. The molecular formula is C16H14N6O5S. The molecule has 3 rings (SSSR count). The second-order valence-corrected chi connectivity index (χ2v) is 6.38. The molecule has 144 valence electrons. The van der Waals surface area contributed by atoms with Crippen LogP contribution in [0.2, 0.25) is 0 Å². The summed E-state index contributed by atoms with van der Waals surface area (Å²) in [4.78, 5) is 33.9. The molecule has 2 N–H and O–H groups in total. The van der Waals surface area contributed by atoms with Crippen LogP contribution in [0.3, 0.4) is 0 Å². The molecule has 0 aliphatic carbocycles. The van der Waals surface area contributed by atoms with Crippen LogP contribution in [-0.2, 0) is 11.8 Å². The number of thioether (sulfide) groups is 1. The molecule has 3 aromatic rings. The number of rotatable bonds is 6. The molecule has 0 spiro atoms. The number of nitrogens with one attached hydrogen (secondary N) is 2. The molecule has 0 saturated carbocycles. The van der Waals surface area contributed by atoms with Crippen LogP contribution in [0.5, 0.6) is 0 Å². The lowest BCUT2D eigenvalue weighted by Crippen LogP contribution is -2.42. The Labute approximate surface area is 162 Å². The number of benzene rings is 1. The minimum atomic E-state index is -0.591. The number of amides is 2. The van der Waals surface area contributed by atoms with Crippen LogP contribution in [0.1, 0.15) is 10.4 Å². The van der Waals surface area contributed by atoms with Crippen LogP contribution in [0.4, 0.5) is 5.69 Å². The van der Waals surface area contributed by atoms with Crippen LogP contribution < -0.4 is 10.9 Å². The number of aromatic nitrogens is 3. The van der Waals surface area contributed by atoms with Crippen molar-refractivity contribution in [1.29, 1.82) is 0 Å². The summed E-state index contributed by atoms with van der Waals surface area (Å²) in [6, 6.07) is 8.49. The van der Waals surface area contributed by atoms with E-state index in [1.165, 1.54) is 30.5 Å². The molecule has 2 aromatic heterocycles. The first kappa shape index (κ1) is 19.1. The average Bonchev–Trinajstić information content (AvgIpc) is 3.34. The largest absolute Gasteiger partial charge is 0.461 e. The van der Waals surface area contributed by atoms with E-state index >= 15 is 0 Å². The number of carbonyl (C=O) groups excluding carboxylic acids is 2. The van der Waals surface area contributed by atoms with Gasteiger partial charge in [0.25, 0.3) is 11.6 Å². The van der Waals surface area contributed by atoms with Crippen LogP contribution in [0.15, 0.2) is 52.2 Å². The Morgan fingerprint density at radius 2 is 1.96 bits per heavy atom. The van der Waals surface area contributed by atoms with Gasteiger partial charge in [-0.05, 0) is 24.3 Å². The van der Waals surface area contributed by atoms with Crippen molar-refractivity contribution in [3.8, 4) is 11.6 Å². The number of nitrogens with zero attached hydrogens (tertiary/aromatic N) is 4. The average molecular weight is 402 g/mol. The SMILES string of the molecule is Cn1c(SCC(=O)NNC(=O)c2ccc([N+](=O)[O-])cc2)nnc1-c1ccco1. The molecule has 0 radical (unpaired) electrons. The normalized spacial score (nSPS) is 10.5. The fraction of sp³-hybridized carbons (Fsp3) is 0.125. The van der Waals surface area contributed by atoms with Crippen molar-refractivity contribution in [2.75, 3.05) is 5.75 Å². The molecule has 28 heavy (non-hydrogen) atoms. The van der Waals surface area contributed by atoms with E-state index in [2.05, 4.69) is 21.0 Å². The fourth-order valence-corrected chi connectivity index (χ4v) is 2.87. The van der Waals surface area contributed by atoms with Crippen molar-refractivity contribution in [3.05, 3.63) is 58.3 Å². The Morgan fingerprint density at radius 1 is 1.21 bits per heavy atom. The highest BCUT2D eigenvalue weighted by atomic mass is 32.2. The Hall–Kier alpha value is -3.67. The van der Waals surface area contributed by atoms with Gasteiger partial charge in [-0.15, -0.1) is 10.2 Å². The lowest BCUT2D eigenvalue weighted by Gasteiger charge is -2.07. The van der Waals surface area contributed by atoms with Crippen LogP contribution in [0.25, 0.3) is 11.6 Å². The van der Waals surface area contributed by atoms with Crippen molar-refractivity contribution < 1.29 is 18.9 Å². The van der Waals surface area contributed by atoms with Gasteiger partial charge in [-0.3, -0.25) is 30.6 Å². The minimum absolute atomic E-state index is 0.00926. The fourth-order valence-electron chi connectivity index (χ4n) is 2.16. The van der Waals surface area contributed by atoms with E-state index in [1.807, 2.05) is 0 Å². The topological polar surface area (TPSA) is 145 Å². The molecule has 1 aromatic carbocycles. The van der Waals surface area contributed by atoms with Gasteiger partial charge in [-0.25, -0.2) is 0 Å². The zero-order valence-corrected chi connectivity index (χ0v) is 15.3. The summed E-state index contributed by atoms with van der Waals surface area (Å²) in [5.74, 6) is 0.0286. The maximum atomic E-state index is 12.0. The molecule has 11 nitrogen and oxygen atoms in total. The first-order chi connectivity index (χ1) is 13.5. The van der Waals surface area contributed by atoms with Crippen molar-refractivity contribution in [2.24, 2.45) is 7.05 Å². The van der Waals surface area contributed by atoms with E-state index in [1.54, 1.807) is 23.7 Å². The lowest BCUT2D eigenvalue weighted by atomic mass is 10.2. The molecule has 0 unspecified atom stereocenters. The smallest absolute Gasteiger partial charge is 0.269 e. The number of hydrogen-bond acceptors (Lipinski definition) is 8. The summed E-state index contributed by atoms with van der Waals surface area (Å²) in [6.07, 6.45) is 1.53. The highest BCUT2D eigenvalue weighted by Gasteiger charge is 2.15. The summed E-state index contributed by atoms with van der Waals surface area (Å²) in [5.41, 5.74) is 4.57. The van der Waals surface area contributed by atoms with Gasteiger partial charge in [0, 0.05) is 24.7 Å². The van der Waals surface area contributed by atoms with E-state index in [4.69, 9.17) is 4.42 Å². The van der Waals surface area contributed by atoms with E-state index in [9.17, 15) is 19.7 Å². The van der Waals surface area contributed by atoms with E-state index < -0.39 is 16.7 Å². The minimum Gasteiger partial charge on any atom is -0.461 e. The maximum Gasteiger partial charge on any atom is 0.269 e. The standard InChI is InChI=1S/C16H14N6O5S/c1-21-14(12-3-2-8-27-12)18-20-16(21)28-9-13(23)17-19-15(24)10-4-6-11(7-5-10)22(25)26/h2-8H,9H2,1H3,(H,17,23)(H,19,24). The summed E-state index contributed by atoms with van der Waals surface area (Å²) in [7, 11) is 1.74. The third kappa shape index (κ3) is 4.35. The van der Waals surface area contributed by atoms with Gasteiger partial charge < -0.3 is 8.98 Å². The van der Waals surface area contributed by atoms with Gasteiger partial charge in [0.05, 0.1) is 16.9 Å². The Bertz CT molecular complexity index is 999. The molecule has 12 heteroatoms. The first-order valence-corrected chi connectivity index (χ1v) is 8.84. The molecule has 0 fully saturated rings. The molecule has 2 heterocycles. The zero-order valence-electron chi connectivity index (χ0n) is 14.5. The zero-order chi connectivity index (χ0) is 20.1. The quantitative estimate of drug-likeness (QED) is 0.359. The van der Waals surface area contributed by atoms with Gasteiger partial charge in [0.15, 0.2) is 16.7 Å². The molecule has 0 bridgehead atoms. The summed E-state index contributed by atoms with van der Waals surface area (Å²) < 4.78 is 6.96.